The average Bonchev–Trinajstić information content (AvgIpc) is 3.00. The number of aromatic nitrogens is 2. The van der Waals surface area contributed by atoms with Gasteiger partial charge in [-0.3, -0.25) is 9.97 Å². The summed E-state index contributed by atoms with van der Waals surface area (Å²) in [6.45, 7) is 0.414. The molecule has 1 saturated heterocycles. The molecule has 0 amide bonds. The van der Waals surface area contributed by atoms with E-state index in [4.69, 9.17) is 0 Å². The van der Waals surface area contributed by atoms with Crippen molar-refractivity contribution in [2.75, 3.05) is 12.8 Å². The first-order valence-corrected chi connectivity index (χ1v) is 8.96. The van der Waals surface area contributed by atoms with Gasteiger partial charge in [0.15, 0.2) is 11.6 Å². The van der Waals surface area contributed by atoms with Gasteiger partial charge in [-0.05, 0) is 31.0 Å². The largest absolute Gasteiger partial charge is 0.256 e. The lowest BCUT2D eigenvalue weighted by molar-refractivity contribution is 0.394. The van der Waals surface area contributed by atoms with Crippen molar-refractivity contribution < 1.29 is 17.2 Å². The second-order valence-electron chi connectivity index (χ2n) is 5.45. The quantitative estimate of drug-likeness (QED) is 0.862. The van der Waals surface area contributed by atoms with Crippen molar-refractivity contribution in [3.05, 3.63) is 47.9 Å². The third kappa shape index (κ3) is 3.09. The normalized spacial score (nSPS) is 19.2. The molecule has 1 aliphatic rings. The van der Waals surface area contributed by atoms with Crippen LogP contribution in [0.5, 0.6) is 0 Å². The zero-order valence-electron chi connectivity index (χ0n) is 12.4. The van der Waals surface area contributed by atoms with Crippen molar-refractivity contribution in [2.45, 2.75) is 18.9 Å². The topological polar surface area (TPSA) is 63.2 Å². The Hall–Kier alpha value is -1.93. The summed E-state index contributed by atoms with van der Waals surface area (Å²) in [6, 6.07) is 3.03. The lowest BCUT2D eigenvalue weighted by Gasteiger charge is -2.23. The number of halogens is 2. The third-order valence-corrected chi connectivity index (χ3v) is 5.15. The molecular formula is C15H15F2N3O2S. The first kappa shape index (κ1) is 15.9. The summed E-state index contributed by atoms with van der Waals surface area (Å²) >= 11 is 0. The number of nitrogens with zero attached hydrogens (tertiary/aromatic N) is 3. The highest BCUT2D eigenvalue weighted by Crippen LogP contribution is 2.36. The molecule has 0 spiro atoms. The molecule has 2 aromatic rings. The smallest absolute Gasteiger partial charge is 0.211 e. The molecule has 1 unspecified atom stereocenters. The fourth-order valence-corrected chi connectivity index (χ4v) is 4.00. The Bertz CT molecular complexity index is 842. The van der Waals surface area contributed by atoms with Crippen molar-refractivity contribution in [3.8, 4) is 11.3 Å². The molecule has 1 aromatic heterocycles. The number of hydrogen-bond donors (Lipinski definition) is 0. The minimum atomic E-state index is -3.38. The predicted molar refractivity (Wildman–Crippen MR) is 80.9 cm³/mol. The summed E-state index contributed by atoms with van der Waals surface area (Å²) in [6.07, 6.45) is 5.39. The van der Waals surface area contributed by atoms with Crippen LogP contribution < -0.4 is 0 Å². The van der Waals surface area contributed by atoms with Gasteiger partial charge in [-0.25, -0.2) is 17.2 Å². The van der Waals surface area contributed by atoms with E-state index in [0.29, 0.717) is 36.3 Å². The molecule has 0 bridgehead atoms. The van der Waals surface area contributed by atoms with E-state index >= 15 is 0 Å². The van der Waals surface area contributed by atoms with Crippen molar-refractivity contribution in [2.24, 2.45) is 0 Å². The molecule has 1 fully saturated rings. The Morgan fingerprint density at radius 1 is 1.17 bits per heavy atom. The molecule has 122 valence electrons. The van der Waals surface area contributed by atoms with E-state index < -0.39 is 27.7 Å². The van der Waals surface area contributed by atoms with Gasteiger partial charge < -0.3 is 0 Å². The minimum Gasteiger partial charge on any atom is -0.256 e. The summed E-state index contributed by atoms with van der Waals surface area (Å²) in [5.41, 5.74) is 1.20. The van der Waals surface area contributed by atoms with E-state index in [1.165, 1.54) is 22.8 Å². The Balaban J connectivity index is 2.09. The summed E-state index contributed by atoms with van der Waals surface area (Å²) in [5.74, 6) is -1.93. The molecule has 1 aliphatic heterocycles. The zero-order chi connectivity index (χ0) is 16.6. The van der Waals surface area contributed by atoms with E-state index in [2.05, 4.69) is 9.97 Å². The van der Waals surface area contributed by atoms with E-state index in [9.17, 15) is 17.2 Å². The van der Waals surface area contributed by atoms with Crippen LogP contribution in [0.3, 0.4) is 0 Å². The highest BCUT2D eigenvalue weighted by Gasteiger charge is 2.35. The molecule has 0 saturated carbocycles. The first-order valence-electron chi connectivity index (χ1n) is 7.11. The lowest BCUT2D eigenvalue weighted by Crippen LogP contribution is -2.30. The van der Waals surface area contributed by atoms with Crippen LogP contribution in [0.15, 0.2) is 30.6 Å². The van der Waals surface area contributed by atoms with Gasteiger partial charge in [0.05, 0.1) is 23.7 Å². The maximum Gasteiger partial charge on any atom is 0.211 e. The van der Waals surface area contributed by atoms with Crippen molar-refractivity contribution in [3.63, 3.8) is 0 Å². The summed E-state index contributed by atoms with van der Waals surface area (Å²) < 4.78 is 51.9. The number of rotatable bonds is 3. The van der Waals surface area contributed by atoms with E-state index in [0.717, 1.165) is 18.4 Å². The Morgan fingerprint density at radius 3 is 2.61 bits per heavy atom. The highest BCUT2D eigenvalue weighted by atomic mass is 32.2. The molecule has 2 heterocycles. The van der Waals surface area contributed by atoms with Crippen molar-refractivity contribution >= 4 is 10.0 Å². The average molecular weight is 339 g/mol. The van der Waals surface area contributed by atoms with Crippen LogP contribution in [0.2, 0.25) is 0 Å². The predicted octanol–water partition coefficient (Wildman–Crippen LogP) is 2.52. The standard InChI is InChI=1S/C15H15F2N3O2S/c1-23(21,22)20-8-2-3-13(20)15-14(18-6-7-19-15)10-4-5-11(16)12(17)9-10/h4-7,9,13H,2-3,8H2,1H3. The van der Waals surface area contributed by atoms with Gasteiger partial charge in [-0.1, -0.05) is 0 Å². The lowest BCUT2D eigenvalue weighted by atomic mass is 10.0. The van der Waals surface area contributed by atoms with Crippen LogP contribution in [0, 0.1) is 11.6 Å². The van der Waals surface area contributed by atoms with Crippen molar-refractivity contribution in [1.29, 1.82) is 0 Å². The monoisotopic (exact) mass is 339 g/mol. The fourth-order valence-electron chi connectivity index (χ4n) is 2.87. The van der Waals surface area contributed by atoms with Gasteiger partial charge >= 0.3 is 0 Å². The summed E-state index contributed by atoms with van der Waals surface area (Å²) in [7, 11) is -3.38. The van der Waals surface area contributed by atoms with Gasteiger partial charge in [-0.2, -0.15) is 4.31 Å². The van der Waals surface area contributed by atoms with Gasteiger partial charge in [0.2, 0.25) is 10.0 Å². The van der Waals surface area contributed by atoms with E-state index in [1.807, 2.05) is 0 Å². The second-order valence-corrected chi connectivity index (χ2v) is 7.39. The molecule has 23 heavy (non-hydrogen) atoms. The van der Waals surface area contributed by atoms with Crippen LogP contribution >= 0.6 is 0 Å². The Kier molecular flexibility index (Phi) is 4.11. The van der Waals surface area contributed by atoms with Crippen LogP contribution in [0.25, 0.3) is 11.3 Å². The summed E-state index contributed by atoms with van der Waals surface area (Å²) in [4.78, 5) is 8.48. The van der Waals surface area contributed by atoms with Crippen molar-refractivity contribution in [1.82, 2.24) is 14.3 Å². The van der Waals surface area contributed by atoms with Crippen LogP contribution in [-0.4, -0.2) is 35.5 Å². The maximum absolute atomic E-state index is 13.5. The highest BCUT2D eigenvalue weighted by molar-refractivity contribution is 7.88. The SMILES string of the molecule is CS(=O)(=O)N1CCCC1c1nccnc1-c1ccc(F)c(F)c1. The Labute approximate surface area is 133 Å². The molecule has 1 aromatic carbocycles. The molecule has 0 radical (unpaired) electrons. The molecule has 0 aliphatic carbocycles. The Morgan fingerprint density at radius 2 is 1.91 bits per heavy atom. The first-order chi connectivity index (χ1) is 10.9. The van der Waals surface area contributed by atoms with Crippen LogP contribution in [0.1, 0.15) is 24.6 Å². The van der Waals surface area contributed by atoms with E-state index in [-0.39, 0.29) is 0 Å². The molecule has 8 heteroatoms. The number of benzene rings is 1. The number of hydrogen-bond acceptors (Lipinski definition) is 4. The molecule has 3 rings (SSSR count). The van der Waals surface area contributed by atoms with Gasteiger partial charge in [0.25, 0.3) is 0 Å². The molecule has 0 N–H and O–H groups in total. The third-order valence-electron chi connectivity index (χ3n) is 3.86. The maximum atomic E-state index is 13.5. The fraction of sp³-hybridized carbons (Fsp3) is 0.333. The zero-order valence-corrected chi connectivity index (χ0v) is 13.2. The molecular weight excluding hydrogens is 324 g/mol. The second kappa shape index (κ2) is 5.93. The number of sulfonamides is 1. The van der Waals surface area contributed by atoms with Crippen LogP contribution in [-0.2, 0) is 10.0 Å². The van der Waals surface area contributed by atoms with E-state index in [1.54, 1.807) is 0 Å². The molecule has 1 atom stereocenters. The van der Waals surface area contributed by atoms with Gasteiger partial charge in [0, 0.05) is 24.5 Å². The molecule has 5 nitrogen and oxygen atoms in total. The van der Waals surface area contributed by atoms with Crippen LogP contribution in [0.4, 0.5) is 8.78 Å². The van der Waals surface area contributed by atoms with Gasteiger partial charge in [-0.15, -0.1) is 0 Å². The minimum absolute atomic E-state index is 0.368. The van der Waals surface area contributed by atoms with Gasteiger partial charge in [0.1, 0.15) is 0 Å². The summed E-state index contributed by atoms with van der Waals surface area (Å²) in [5, 5.41) is 0.